The number of nitrogens with zero attached hydrogens (tertiary/aromatic N) is 2. The zero-order valence-corrected chi connectivity index (χ0v) is 15.7. The van der Waals surface area contributed by atoms with E-state index in [1.54, 1.807) is 12.4 Å². The molecule has 0 unspecified atom stereocenters. The van der Waals surface area contributed by atoms with Crippen molar-refractivity contribution in [2.45, 2.75) is 4.90 Å². The Morgan fingerprint density at radius 2 is 1.89 bits per heavy atom. The van der Waals surface area contributed by atoms with Crippen LogP contribution in [0.2, 0.25) is 0 Å². The Morgan fingerprint density at radius 3 is 2.64 bits per heavy atom. The Labute approximate surface area is 162 Å². The van der Waals surface area contributed by atoms with Crippen LogP contribution in [0.4, 0.5) is 0 Å². The van der Waals surface area contributed by atoms with Gasteiger partial charge in [0.2, 0.25) is 10.0 Å². The molecule has 1 fully saturated rings. The Bertz CT molecular complexity index is 1150. The van der Waals surface area contributed by atoms with Crippen molar-refractivity contribution in [3.05, 3.63) is 60.4 Å². The third-order valence-corrected chi connectivity index (χ3v) is 6.63. The first-order valence-corrected chi connectivity index (χ1v) is 10.2. The number of carbonyl (C=O) groups is 1. The van der Waals surface area contributed by atoms with Crippen molar-refractivity contribution in [2.24, 2.45) is 0 Å². The minimum atomic E-state index is -3.82. The monoisotopic (exact) mass is 398 g/mol. The molecular formula is C20H18N2O5S. The fourth-order valence-electron chi connectivity index (χ4n) is 3.34. The number of aromatic nitrogens is 1. The van der Waals surface area contributed by atoms with E-state index in [0.717, 1.165) is 16.3 Å². The normalized spacial score (nSPS) is 15.6. The number of sulfonamides is 1. The second kappa shape index (κ2) is 7.31. The van der Waals surface area contributed by atoms with E-state index < -0.39 is 16.0 Å². The molecule has 1 aromatic heterocycles. The van der Waals surface area contributed by atoms with Gasteiger partial charge in [-0.25, -0.2) is 13.2 Å². The highest BCUT2D eigenvalue weighted by Gasteiger charge is 2.28. The first kappa shape index (κ1) is 18.5. The van der Waals surface area contributed by atoms with E-state index in [1.807, 2.05) is 24.3 Å². The predicted octanol–water partition coefficient (Wildman–Crippen LogP) is 2.62. The molecule has 144 valence electrons. The molecule has 28 heavy (non-hydrogen) atoms. The molecule has 0 aliphatic carbocycles. The zero-order chi connectivity index (χ0) is 19.7. The number of hydrogen-bond acceptors (Lipinski definition) is 5. The number of carboxylic acids is 1. The van der Waals surface area contributed by atoms with Gasteiger partial charge < -0.3 is 9.84 Å². The summed E-state index contributed by atoms with van der Waals surface area (Å²) in [6, 6.07) is 11.6. The molecule has 0 bridgehead atoms. The van der Waals surface area contributed by atoms with Gasteiger partial charge in [-0.1, -0.05) is 18.2 Å². The number of pyridine rings is 1. The molecule has 2 heterocycles. The maximum atomic E-state index is 13.1. The summed E-state index contributed by atoms with van der Waals surface area (Å²) in [4.78, 5) is 15.7. The van der Waals surface area contributed by atoms with Crippen molar-refractivity contribution < 1.29 is 23.1 Å². The lowest BCUT2D eigenvalue weighted by atomic mass is 9.98. The maximum absolute atomic E-state index is 13.1. The molecule has 0 spiro atoms. The summed E-state index contributed by atoms with van der Waals surface area (Å²) in [5.41, 5.74) is 1.21. The van der Waals surface area contributed by atoms with Crippen molar-refractivity contribution in [2.75, 3.05) is 26.3 Å². The number of rotatable bonds is 4. The average Bonchev–Trinajstić information content (AvgIpc) is 2.73. The van der Waals surface area contributed by atoms with Gasteiger partial charge in [0.1, 0.15) is 0 Å². The number of hydrogen-bond donors (Lipinski definition) is 1. The maximum Gasteiger partial charge on any atom is 0.335 e. The van der Waals surface area contributed by atoms with Crippen LogP contribution in [-0.2, 0) is 14.8 Å². The van der Waals surface area contributed by atoms with Crippen molar-refractivity contribution in [1.82, 2.24) is 9.29 Å². The second-order valence-electron chi connectivity index (χ2n) is 6.47. The highest BCUT2D eigenvalue weighted by molar-refractivity contribution is 7.89. The Kier molecular flexibility index (Phi) is 4.84. The largest absolute Gasteiger partial charge is 0.478 e. The smallest absolute Gasteiger partial charge is 0.335 e. The van der Waals surface area contributed by atoms with Gasteiger partial charge in [0, 0.05) is 30.9 Å². The molecule has 0 saturated carbocycles. The summed E-state index contributed by atoms with van der Waals surface area (Å²) in [5, 5.41) is 11.3. The van der Waals surface area contributed by atoms with Crippen LogP contribution in [0.5, 0.6) is 0 Å². The van der Waals surface area contributed by atoms with E-state index in [1.165, 1.54) is 22.5 Å². The molecule has 1 N–H and O–H groups in total. The van der Waals surface area contributed by atoms with E-state index in [2.05, 4.69) is 4.98 Å². The molecule has 4 rings (SSSR count). The summed E-state index contributed by atoms with van der Waals surface area (Å²) in [7, 11) is -3.82. The predicted molar refractivity (Wildman–Crippen MR) is 104 cm³/mol. The van der Waals surface area contributed by atoms with Crippen molar-refractivity contribution in [1.29, 1.82) is 0 Å². The van der Waals surface area contributed by atoms with Crippen LogP contribution in [0, 0.1) is 0 Å². The summed E-state index contributed by atoms with van der Waals surface area (Å²) in [6.45, 7) is 1.13. The standard InChI is InChI=1S/C20H18N2O5S/c23-20(24)16-10-15(18-3-1-2-14-13-21-5-4-19(14)18)11-17(12-16)28(25,26)22-6-8-27-9-7-22/h1-5,10-13H,6-9H2,(H,23,24). The SMILES string of the molecule is O=C(O)c1cc(-c2cccc3cnccc23)cc(S(=O)(=O)N2CCOCC2)c1. The lowest BCUT2D eigenvalue weighted by Gasteiger charge is -2.26. The van der Waals surface area contributed by atoms with Crippen molar-refractivity contribution in [3.63, 3.8) is 0 Å². The number of carboxylic acid groups (broad SMARTS) is 1. The fourth-order valence-corrected chi connectivity index (χ4v) is 4.82. The van der Waals surface area contributed by atoms with Crippen LogP contribution < -0.4 is 0 Å². The first-order chi connectivity index (χ1) is 13.5. The van der Waals surface area contributed by atoms with E-state index >= 15 is 0 Å². The summed E-state index contributed by atoms with van der Waals surface area (Å²) in [5.74, 6) is -1.18. The third kappa shape index (κ3) is 3.37. The molecule has 0 radical (unpaired) electrons. The van der Waals surface area contributed by atoms with Gasteiger partial charge in [-0.15, -0.1) is 0 Å². The topological polar surface area (TPSA) is 96.8 Å². The van der Waals surface area contributed by atoms with Gasteiger partial charge in [-0.05, 0) is 40.8 Å². The Hall–Kier alpha value is -2.81. The Balaban J connectivity index is 1.90. The van der Waals surface area contributed by atoms with Crippen LogP contribution >= 0.6 is 0 Å². The molecular weight excluding hydrogens is 380 g/mol. The quantitative estimate of drug-likeness (QED) is 0.726. The van der Waals surface area contributed by atoms with E-state index in [9.17, 15) is 18.3 Å². The highest BCUT2D eigenvalue weighted by atomic mass is 32.2. The molecule has 1 saturated heterocycles. The lowest BCUT2D eigenvalue weighted by molar-refractivity contribution is 0.0696. The van der Waals surface area contributed by atoms with Gasteiger partial charge in [-0.3, -0.25) is 4.98 Å². The Morgan fingerprint density at radius 1 is 1.11 bits per heavy atom. The van der Waals surface area contributed by atoms with Gasteiger partial charge in [0.15, 0.2) is 0 Å². The zero-order valence-electron chi connectivity index (χ0n) is 14.9. The molecule has 3 aromatic rings. The van der Waals surface area contributed by atoms with E-state index in [0.29, 0.717) is 18.8 Å². The molecule has 1 aliphatic rings. The second-order valence-corrected chi connectivity index (χ2v) is 8.41. The summed E-state index contributed by atoms with van der Waals surface area (Å²) < 4.78 is 32.7. The minimum Gasteiger partial charge on any atom is -0.478 e. The highest BCUT2D eigenvalue weighted by Crippen LogP contribution is 2.31. The number of morpholine rings is 1. The molecule has 0 amide bonds. The number of benzene rings is 2. The molecule has 8 heteroatoms. The van der Waals surface area contributed by atoms with Gasteiger partial charge in [-0.2, -0.15) is 4.31 Å². The molecule has 1 aliphatic heterocycles. The van der Waals surface area contributed by atoms with Crippen LogP contribution in [0.1, 0.15) is 10.4 Å². The number of ether oxygens (including phenoxy) is 1. The average molecular weight is 398 g/mol. The van der Waals surface area contributed by atoms with Gasteiger partial charge >= 0.3 is 5.97 Å². The minimum absolute atomic E-state index is 0.0321. The lowest BCUT2D eigenvalue weighted by Crippen LogP contribution is -2.40. The first-order valence-electron chi connectivity index (χ1n) is 8.76. The summed E-state index contributed by atoms with van der Waals surface area (Å²) >= 11 is 0. The molecule has 7 nitrogen and oxygen atoms in total. The fraction of sp³-hybridized carbons (Fsp3) is 0.200. The van der Waals surface area contributed by atoms with Crippen LogP contribution in [-0.4, -0.2) is 55.1 Å². The van der Waals surface area contributed by atoms with Crippen LogP contribution in [0.25, 0.3) is 21.9 Å². The molecule has 2 aromatic carbocycles. The van der Waals surface area contributed by atoms with Crippen LogP contribution in [0.15, 0.2) is 59.8 Å². The van der Waals surface area contributed by atoms with Crippen molar-refractivity contribution >= 4 is 26.8 Å². The van der Waals surface area contributed by atoms with E-state index in [4.69, 9.17) is 4.74 Å². The van der Waals surface area contributed by atoms with Crippen LogP contribution in [0.3, 0.4) is 0 Å². The van der Waals surface area contributed by atoms with Gasteiger partial charge in [0.25, 0.3) is 0 Å². The van der Waals surface area contributed by atoms with Gasteiger partial charge in [0.05, 0.1) is 23.7 Å². The van der Waals surface area contributed by atoms with Crippen molar-refractivity contribution in [3.8, 4) is 11.1 Å². The third-order valence-electron chi connectivity index (χ3n) is 4.75. The molecule has 0 atom stereocenters. The summed E-state index contributed by atoms with van der Waals surface area (Å²) in [6.07, 6.45) is 3.36. The number of fused-ring (bicyclic) bond motifs is 1. The number of aromatic carboxylic acids is 1. The van der Waals surface area contributed by atoms with E-state index in [-0.39, 0.29) is 23.5 Å².